The van der Waals surface area contributed by atoms with Gasteiger partial charge in [0.05, 0.1) is 36.6 Å². The number of thiophene rings is 1. The molecule has 1 fully saturated rings. The lowest BCUT2D eigenvalue weighted by atomic mass is 10.1. The molecule has 1 saturated heterocycles. The van der Waals surface area contributed by atoms with Crippen molar-refractivity contribution in [2.24, 2.45) is 0 Å². The van der Waals surface area contributed by atoms with Crippen molar-refractivity contribution < 1.29 is 4.90 Å². The van der Waals surface area contributed by atoms with Crippen molar-refractivity contribution >= 4 is 62.2 Å². The summed E-state index contributed by atoms with van der Waals surface area (Å²) in [7, 11) is 0. The number of nitrogens with one attached hydrogen (secondary N) is 1. The van der Waals surface area contributed by atoms with Crippen molar-refractivity contribution in [2.45, 2.75) is 6.54 Å². The molecule has 0 radical (unpaired) electrons. The summed E-state index contributed by atoms with van der Waals surface area (Å²) in [4.78, 5) is 14.1. The Balaban J connectivity index is 1.37. The van der Waals surface area contributed by atoms with E-state index in [2.05, 4.69) is 32.4 Å². The van der Waals surface area contributed by atoms with Crippen LogP contribution in [-0.2, 0) is 6.54 Å². The van der Waals surface area contributed by atoms with Crippen LogP contribution in [-0.4, -0.2) is 36.1 Å². The van der Waals surface area contributed by atoms with Crippen LogP contribution >= 0.6 is 46.1 Å². The number of piperazine rings is 1. The van der Waals surface area contributed by atoms with Crippen molar-refractivity contribution in [1.82, 2.24) is 9.97 Å². The van der Waals surface area contributed by atoms with Gasteiger partial charge in [-0.25, -0.2) is 9.97 Å². The maximum Gasteiger partial charge on any atom is 0.141 e. The molecular formula is C23H20Cl3N4S+. The van der Waals surface area contributed by atoms with Gasteiger partial charge in [0.2, 0.25) is 0 Å². The van der Waals surface area contributed by atoms with Crippen molar-refractivity contribution in [3.63, 3.8) is 0 Å². The Hall–Kier alpha value is -1.89. The number of rotatable bonds is 4. The van der Waals surface area contributed by atoms with E-state index in [4.69, 9.17) is 34.8 Å². The Morgan fingerprint density at radius 3 is 2.42 bits per heavy atom. The van der Waals surface area contributed by atoms with E-state index in [1.807, 2.05) is 30.3 Å². The van der Waals surface area contributed by atoms with Crippen LogP contribution in [0.15, 0.2) is 54.2 Å². The maximum atomic E-state index is 6.38. The molecular weight excluding hydrogens is 471 g/mol. The Labute approximate surface area is 200 Å². The summed E-state index contributed by atoms with van der Waals surface area (Å²) < 4.78 is 0. The SMILES string of the molecule is Clc1ccc(-c2csc3ncnc(N4CC[NH+](Cc5ccc(Cl)cc5Cl)CC4)c23)cc1. The summed E-state index contributed by atoms with van der Waals surface area (Å²) in [6.45, 7) is 4.80. The molecule has 1 aliphatic heterocycles. The lowest BCUT2D eigenvalue weighted by molar-refractivity contribution is -0.914. The number of aromatic nitrogens is 2. The minimum atomic E-state index is 0.675. The molecule has 4 nitrogen and oxygen atoms in total. The molecule has 0 saturated carbocycles. The quantitative estimate of drug-likeness (QED) is 0.426. The predicted molar refractivity (Wildman–Crippen MR) is 131 cm³/mol. The van der Waals surface area contributed by atoms with E-state index in [9.17, 15) is 0 Å². The molecule has 31 heavy (non-hydrogen) atoms. The highest BCUT2D eigenvalue weighted by Gasteiger charge is 2.25. The van der Waals surface area contributed by atoms with E-state index in [0.29, 0.717) is 5.02 Å². The number of halogens is 3. The van der Waals surface area contributed by atoms with Gasteiger partial charge in [0.25, 0.3) is 0 Å². The van der Waals surface area contributed by atoms with E-state index in [-0.39, 0.29) is 0 Å². The topological polar surface area (TPSA) is 33.5 Å². The van der Waals surface area contributed by atoms with Crippen LogP contribution in [0.1, 0.15) is 5.56 Å². The molecule has 2 aromatic carbocycles. The van der Waals surface area contributed by atoms with Gasteiger partial charge < -0.3 is 9.80 Å². The lowest BCUT2D eigenvalue weighted by Gasteiger charge is -2.33. The van der Waals surface area contributed by atoms with E-state index in [0.717, 1.165) is 75.5 Å². The third kappa shape index (κ3) is 4.38. The van der Waals surface area contributed by atoms with E-state index in [1.54, 1.807) is 17.7 Å². The van der Waals surface area contributed by atoms with Crippen LogP contribution in [0.25, 0.3) is 21.3 Å². The smallest absolute Gasteiger partial charge is 0.141 e. The van der Waals surface area contributed by atoms with Crippen LogP contribution in [0.2, 0.25) is 15.1 Å². The van der Waals surface area contributed by atoms with Gasteiger partial charge in [0.15, 0.2) is 0 Å². The average molecular weight is 491 g/mol. The Morgan fingerprint density at radius 2 is 1.68 bits per heavy atom. The third-order valence-corrected chi connectivity index (χ3v) is 7.46. The second-order valence-corrected chi connectivity index (χ2v) is 9.82. The van der Waals surface area contributed by atoms with Gasteiger partial charge in [-0.15, -0.1) is 11.3 Å². The number of quaternary nitrogens is 1. The van der Waals surface area contributed by atoms with Crippen LogP contribution in [0.4, 0.5) is 5.82 Å². The normalized spacial score (nSPS) is 15.0. The second-order valence-electron chi connectivity index (χ2n) is 7.68. The van der Waals surface area contributed by atoms with Gasteiger partial charge in [0, 0.05) is 26.6 Å². The second kappa shape index (κ2) is 8.93. The number of nitrogens with zero attached hydrogens (tertiary/aromatic N) is 3. The van der Waals surface area contributed by atoms with E-state index >= 15 is 0 Å². The van der Waals surface area contributed by atoms with Gasteiger partial charge in [-0.05, 0) is 29.8 Å². The third-order valence-electron chi connectivity index (χ3n) is 5.73. The van der Waals surface area contributed by atoms with Gasteiger partial charge in [-0.2, -0.15) is 0 Å². The van der Waals surface area contributed by atoms with E-state index in [1.165, 1.54) is 4.90 Å². The Kier molecular flexibility index (Phi) is 6.04. The highest BCUT2D eigenvalue weighted by atomic mass is 35.5. The van der Waals surface area contributed by atoms with Gasteiger partial charge in [-0.1, -0.05) is 53.0 Å². The standard InChI is InChI=1S/C23H19Cl3N4S/c24-17-4-1-15(2-5-17)19-13-31-23-21(19)22(27-14-28-23)30-9-7-29(8-10-30)12-16-3-6-18(25)11-20(16)26/h1-6,11,13-14H,7-10,12H2/p+1. The lowest BCUT2D eigenvalue weighted by Crippen LogP contribution is -3.13. The maximum absolute atomic E-state index is 6.38. The average Bonchev–Trinajstić information content (AvgIpc) is 3.21. The molecule has 0 bridgehead atoms. The first kappa shape index (κ1) is 21.0. The molecule has 5 rings (SSSR count). The fourth-order valence-electron chi connectivity index (χ4n) is 4.09. The Morgan fingerprint density at radius 1 is 0.935 bits per heavy atom. The first-order valence-electron chi connectivity index (χ1n) is 10.1. The molecule has 158 valence electrons. The highest BCUT2D eigenvalue weighted by molar-refractivity contribution is 7.17. The van der Waals surface area contributed by atoms with E-state index < -0.39 is 0 Å². The van der Waals surface area contributed by atoms with Crippen LogP contribution < -0.4 is 9.80 Å². The number of benzene rings is 2. The molecule has 0 spiro atoms. The number of anilines is 1. The molecule has 1 aliphatic rings. The van der Waals surface area contributed by atoms with Crippen molar-refractivity contribution in [2.75, 3.05) is 31.1 Å². The summed E-state index contributed by atoms with van der Waals surface area (Å²) >= 11 is 20.2. The summed E-state index contributed by atoms with van der Waals surface area (Å²) in [6.07, 6.45) is 1.67. The van der Waals surface area contributed by atoms with Crippen molar-refractivity contribution in [3.05, 3.63) is 74.8 Å². The number of fused-ring (bicyclic) bond motifs is 1. The first-order chi connectivity index (χ1) is 15.1. The fraction of sp³-hybridized carbons (Fsp3) is 0.217. The van der Waals surface area contributed by atoms with Crippen molar-refractivity contribution in [3.8, 4) is 11.1 Å². The zero-order chi connectivity index (χ0) is 21.4. The van der Waals surface area contributed by atoms with Crippen molar-refractivity contribution in [1.29, 1.82) is 0 Å². The summed E-state index contributed by atoms with van der Waals surface area (Å²) in [5.74, 6) is 1.01. The van der Waals surface area contributed by atoms with Crippen LogP contribution in [0.5, 0.6) is 0 Å². The highest BCUT2D eigenvalue weighted by Crippen LogP contribution is 2.38. The minimum absolute atomic E-state index is 0.675. The summed E-state index contributed by atoms with van der Waals surface area (Å²) in [6, 6.07) is 13.7. The molecule has 1 N–H and O–H groups in total. The largest absolute Gasteiger partial charge is 0.345 e. The zero-order valence-corrected chi connectivity index (χ0v) is 19.7. The Bertz CT molecular complexity index is 1220. The molecule has 2 aromatic heterocycles. The molecule has 0 atom stereocenters. The first-order valence-corrected chi connectivity index (χ1v) is 12.1. The minimum Gasteiger partial charge on any atom is -0.345 e. The summed E-state index contributed by atoms with van der Waals surface area (Å²) in [5.41, 5.74) is 3.44. The molecule has 8 heteroatoms. The molecule has 0 unspecified atom stereocenters. The molecule has 3 heterocycles. The summed E-state index contributed by atoms with van der Waals surface area (Å²) in [5, 5.41) is 5.44. The van der Waals surface area contributed by atoms with Gasteiger partial charge in [0.1, 0.15) is 23.5 Å². The predicted octanol–water partition coefficient (Wildman–Crippen LogP) is 5.22. The fourth-order valence-corrected chi connectivity index (χ4v) is 5.60. The van der Waals surface area contributed by atoms with Gasteiger partial charge in [-0.3, -0.25) is 0 Å². The molecule has 0 aliphatic carbocycles. The molecule has 4 aromatic rings. The van der Waals surface area contributed by atoms with Crippen LogP contribution in [0.3, 0.4) is 0 Å². The zero-order valence-electron chi connectivity index (χ0n) is 16.6. The number of hydrogen-bond donors (Lipinski definition) is 1. The monoisotopic (exact) mass is 489 g/mol. The number of hydrogen-bond acceptors (Lipinski definition) is 4. The van der Waals surface area contributed by atoms with Crippen LogP contribution in [0, 0.1) is 0 Å². The molecule has 0 amide bonds. The van der Waals surface area contributed by atoms with Gasteiger partial charge >= 0.3 is 0 Å².